The Morgan fingerprint density at radius 2 is 2.06 bits per heavy atom. The molecule has 16 heavy (non-hydrogen) atoms. The Labute approximate surface area is 98.4 Å². The zero-order chi connectivity index (χ0) is 12.5. The maximum atomic E-state index is 10.8. The summed E-state index contributed by atoms with van der Waals surface area (Å²) in [5, 5.41) is 18.8. The van der Waals surface area contributed by atoms with E-state index in [0.29, 0.717) is 21.9 Å². The fourth-order valence-corrected chi connectivity index (χ4v) is 1.86. The molecule has 1 aromatic rings. The van der Waals surface area contributed by atoms with Gasteiger partial charge in [0, 0.05) is 10.6 Å². The van der Waals surface area contributed by atoms with Crippen LogP contribution in [0.15, 0.2) is 6.07 Å². The second-order valence-electron chi connectivity index (χ2n) is 3.49. The smallest absolute Gasteiger partial charge is 0.337 e. The van der Waals surface area contributed by atoms with E-state index in [2.05, 4.69) is 0 Å². The molecular weight excluding hydrogens is 232 g/mol. The number of ether oxygens (including phenoxy) is 1. The number of halogens is 1. The van der Waals surface area contributed by atoms with Gasteiger partial charge in [-0.15, -0.1) is 0 Å². The minimum absolute atomic E-state index is 0.208. The molecule has 4 nitrogen and oxygen atoms in total. The zero-order valence-corrected chi connectivity index (χ0v) is 10.00. The van der Waals surface area contributed by atoms with Crippen LogP contribution in [0.5, 0.6) is 5.75 Å². The maximum Gasteiger partial charge on any atom is 0.337 e. The van der Waals surface area contributed by atoms with Crippen LogP contribution in [0.3, 0.4) is 0 Å². The van der Waals surface area contributed by atoms with E-state index in [0.717, 1.165) is 0 Å². The number of aliphatic carboxylic acids is 1. The average molecular weight is 245 g/mol. The summed E-state index contributed by atoms with van der Waals surface area (Å²) in [4.78, 5) is 10.8. The molecule has 0 aliphatic heterocycles. The number of carboxylic acid groups (broad SMARTS) is 1. The Hall–Kier alpha value is -1.26. The summed E-state index contributed by atoms with van der Waals surface area (Å²) in [5.41, 5.74) is 1.41. The molecule has 0 aliphatic rings. The Morgan fingerprint density at radius 3 is 2.50 bits per heavy atom. The van der Waals surface area contributed by atoms with Crippen molar-refractivity contribution in [3.63, 3.8) is 0 Å². The molecule has 0 saturated heterocycles. The van der Waals surface area contributed by atoms with Crippen LogP contribution in [0.25, 0.3) is 0 Å². The number of carboxylic acids is 1. The van der Waals surface area contributed by atoms with Gasteiger partial charge < -0.3 is 14.9 Å². The number of aliphatic hydroxyl groups excluding tert-OH is 1. The minimum Gasteiger partial charge on any atom is -0.496 e. The van der Waals surface area contributed by atoms with Crippen molar-refractivity contribution >= 4 is 17.6 Å². The van der Waals surface area contributed by atoms with Crippen molar-refractivity contribution in [3.8, 4) is 5.75 Å². The Morgan fingerprint density at radius 1 is 1.50 bits per heavy atom. The lowest BCUT2D eigenvalue weighted by atomic mass is 9.99. The molecule has 0 fully saturated rings. The third kappa shape index (κ3) is 2.13. The van der Waals surface area contributed by atoms with Gasteiger partial charge in [0.2, 0.25) is 0 Å². The molecule has 0 bridgehead atoms. The third-order valence-electron chi connectivity index (χ3n) is 2.42. The van der Waals surface area contributed by atoms with Crippen LogP contribution in [0, 0.1) is 13.8 Å². The van der Waals surface area contributed by atoms with Crippen LogP contribution in [0.1, 0.15) is 22.8 Å². The molecule has 2 N–H and O–H groups in total. The van der Waals surface area contributed by atoms with Gasteiger partial charge >= 0.3 is 5.97 Å². The number of aryl methyl sites for hydroxylation is 1. The summed E-state index contributed by atoms with van der Waals surface area (Å²) in [6.45, 7) is 3.38. The predicted molar refractivity (Wildman–Crippen MR) is 60.1 cm³/mol. The van der Waals surface area contributed by atoms with Gasteiger partial charge in [-0.25, -0.2) is 4.79 Å². The predicted octanol–water partition coefficient (Wildman–Crippen LogP) is 2.08. The molecule has 0 aliphatic carbocycles. The molecule has 1 atom stereocenters. The lowest BCUT2D eigenvalue weighted by molar-refractivity contribution is -0.147. The summed E-state index contributed by atoms with van der Waals surface area (Å²) in [7, 11) is 1.42. The van der Waals surface area contributed by atoms with Crippen LogP contribution < -0.4 is 4.74 Å². The van der Waals surface area contributed by atoms with Crippen LogP contribution in [0.4, 0.5) is 0 Å². The number of rotatable bonds is 3. The second kappa shape index (κ2) is 4.72. The first-order valence-electron chi connectivity index (χ1n) is 4.64. The number of carbonyl (C=O) groups is 1. The van der Waals surface area contributed by atoms with Crippen molar-refractivity contribution in [2.45, 2.75) is 20.0 Å². The summed E-state index contributed by atoms with van der Waals surface area (Å²) in [6, 6.07) is 1.67. The van der Waals surface area contributed by atoms with Gasteiger partial charge in [0.15, 0.2) is 6.10 Å². The first-order valence-corrected chi connectivity index (χ1v) is 5.02. The first-order chi connectivity index (χ1) is 7.40. The molecule has 0 aromatic heterocycles. The zero-order valence-electron chi connectivity index (χ0n) is 9.24. The average Bonchev–Trinajstić information content (AvgIpc) is 2.21. The molecule has 88 valence electrons. The topological polar surface area (TPSA) is 66.8 Å². The van der Waals surface area contributed by atoms with Gasteiger partial charge in [-0.3, -0.25) is 0 Å². The summed E-state index contributed by atoms with van der Waals surface area (Å²) in [6.07, 6.45) is -1.63. The van der Waals surface area contributed by atoms with Crippen LogP contribution in [-0.4, -0.2) is 23.3 Å². The largest absolute Gasteiger partial charge is 0.496 e. The number of hydrogen-bond acceptors (Lipinski definition) is 3. The maximum absolute atomic E-state index is 10.8. The Bertz CT molecular complexity index is 428. The van der Waals surface area contributed by atoms with Gasteiger partial charge in [-0.05, 0) is 31.0 Å². The molecule has 1 aromatic carbocycles. The molecule has 0 amide bonds. The minimum atomic E-state index is -1.63. The molecule has 1 rings (SSSR count). The highest BCUT2D eigenvalue weighted by Crippen LogP contribution is 2.36. The van der Waals surface area contributed by atoms with Gasteiger partial charge in [0.05, 0.1) is 7.11 Å². The van der Waals surface area contributed by atoms with Crippen LogP contribution in [-0.2, 0) is 4.79 Å². The van der Waals surface area contributed by atoms with E-state index in [1.165, 1.54) is 7.11 Å². The Kier molecular flexibility index (Phi) is 3.78. The summed E-state index contributed by atoms with van der Waals surface area (Å²) in [5.74, 6) is -0.972. The number of hydrogen-bond donors (Lipinski definition) is 2. The number of aliphatic hydroxyl groups is 1. The number of methoxy groups -OCH3 is 1. The molecule has 1 unspecified atom stereocenters. The third-order valence-corrected chi connectivity index (χ3v) is 2.81. The van der Waals surface area contributed by atoms with Gasteiger partial charge in [-0.2, -0.15) is 0 Å². The van der Waals surface area contributed by atoms with Crippen LogP contribution in [0.2, 0.25) is 5.02 Å². The van der Waals surface area contributed by atoms with E-state index in [1.54, 1.807) is 19.9 Å². The quantitative estimate of drug-likeness (QED) is 0.854. The van der Waals surface area contributed by atoms with Crippen molar-refractivity contribution in [2.75, 3.05) is 7.11 Å². The molecule has 0 saturated carbocycles. The van der Waals surface area contributed by atoms with Crippen molar-refractivity contribution in [1.82, 2.24) is 0 Å². The van der Waals surface area contributed by atoms with Crippen molar-refractivity contribution in [1.29, 1.82) is 0 Å². The van der Waals surface area contributed by atoms with Gasteiger partial charge in [0.25, 0.3) is 0 Å². The van der Waals surface area contributed by atoms with Gasteiger partial charge in [0.1, 0.15) is 5.75 Å². The Balaban J connectivity index is 3.50. The van der Waals surface area contributed by atoms with Crippen molar-refractivity contribution in [2.24, 2.45) is 0 Å². The highest BCUT2D eigenvalue weighted by atomic mass is 35.5. The van der Waals surface area contributed by atoms with E-state index in [1.807, 2.05) is 0 Å². The van der Waals surface area contributed by atoms with Crippen LogP contribution >= 0.6 is 11.6 Å². The lowest BCUT2D eigenvalue weighted by Crippen LogP contribution is -2.14. The van der Waals surface area contributed by atoms with Crippen molar-refractivity contribution in [3.05, 3.63) is 27.8 Å². The number of benzene rings is 1. The highest BCUT2D eigenvalue weighted by molar-refractivity contribution is 6.31. The molecular formula is C11H13ClO4. The van der Waals surface area contributed by atoms with E-state index >= 15 is 0 Å². The van der Waals surface area contributed by atoms with E-state index in [4.69, 9.17) is 21.4 Å². The van der Waals surface area contributed by atoms with Crippen molar-refractivity contribution < 1.29 is 19.7 Å². The normalized spacial score (nSPS) is 12.3. The second-order valence-corrected chi connectivity index (χ2v) is 3.90. The standard InChI is InChI=1S/C11H13ClO4/c1-5-4-7(12)6(2)8(10(5)16-3)9(13)11(14)15/h4,9,13H,1-3H3,(H,14,15). The van der Waals surface area contributed by atoms with Gasteiger partial charge in [-0.1, -0.05) is 11.6 Å². The molecule has 0 spiro atoms. The lowest BCUT2D eigenvalue weighted by Gasteiger charge is -2.17. The summed E-state index contributed by atoms with van der Waals surface area (Å²) >= 11 is 5.94. The fraction of sp³-hybridized carbons (Fsp3) is 0.364. The summed E-state index contributed by atoms with van der Waals surface area (Å²) < 4.78 is 5.10. The molecule has 0 radical (unpaired) electrons. The fourth-order valence-electron chi connectivity index (χ4n) is 1.60. The molecule has 5 heteroatoms. The van der Waals surface area contributed by atoms with E-state index < -0.39 is 12.1 Å². The first kappa shape index (κ1) is 12.8. The highest BCUT2D eigenvalue weighted by Gasteiger charge is 2.25. The monoisotopic (exact) mass is 244 g/mol. The molecule has 0 heterocycles. The van der Waals surface area contributed by atoms with E-state index in [9.17, 15) is 9.90 Å². The van der Waals surface area contributed by atoms with E-state index in [-0.39, 0.29) is 5.56 Å². The SMILES string of the molecule is COc1c(C)cc(Cl)c(C)c1C(O)C(=O)O.